The fraction of sp³-hybridized carbons (Fsp3) is 0.833. The quantitative estimate of drug-likeness (QED) is 0.777. The Labute approximate surface area is 110 Å². The summed E-state index contributed by atoms with van der Waals surface area (Å²) in [6.45, 7) is -0.688. The maximum absolute atomic E-state index is 12.5. The molecule has 0 amide bonds. The van der Waals surface area contributed by atoms with Crippen molar-refractivity contribution in [3.05, 3.63) is 0 Å². The molecule has 0 bridgehead atoms. The van der Waals surface area contributed by atoms with Gasteiger partial charge in [-0.25, -0.2) is 0 Å². The number of nitrogens with zero attached hydrogens (tertiary/aromatic N) is 1. The van der Waals surface area contributed by atoms with E-state index in [1.165, 1.54) is 7.11 Å². The first kappa shape index (κ1) is 15.9. The van der Waals surface area contributed by atoms with E-state index in [-0.39, 0.29) is 12.5 Å². The first-order valence-corrected chi connectivity index (χ1v) is 6.25. The van der Waals surface area contributed by atoms with Crippen LogP contribution >= 0.6 is 0 Å². The highest BCUT2D eigenvalue weighted by molar-refractivity contribution is 5.89. The third-order valence-corrected chi connectivity index (χ3v) is 3.23. The highest BCUT2D eigenvalue weighted by atomic mass is 19.4. The summed E-state index contributed by atoms with van der Waals surface area (Å²) in [5.41, 5.74) is -1.38. The molecule has 0 spiro atoms. The van der Waals surface area contributed by atoms with Crippen LogP contribution in [0.4, 0.5) is 13.2 Å². The van der Waals surface area contributed by atoms with Gasteiger partial charge in [-0.15, -0.1) is 0 Å². The van der Waals surface area contributed by atoms with Crippen molar-refractivity contribution in [2.45, 2.75) is 44.3 Å². The topological polar surface area (TPSA) is 65.7 Å². The van der Waals surface area contributed by atoms with Crippen LogP contribution in [0, 0.1) is 11.3 Å². The van der Waals surface area contributed by atoms with Crippen LogP contribution in [-0.2, 0) is 4.74 Å². The Morgan fingerprint density at radius 1 is 1.53 bits per heavy atom. The van der Waals surface area contributed by atoms with Gasteiger partial charge in [0.25, 0.3) is 0 Å². The Morgan fingerprint density at radius 2 is 2.21 bits per heavy atom. The Hall–Kier alpha value is -1.11. The van der Waals surface area contributed by atoms with Crippen LogP contribution in [0.2, 0.25) is 0 Å². The lowest BCUT2D eigenvalue weighted by Gasteiger charge is -2.21. The van der Waals surface area contributed by atoms with Gasteiger partial charge in [-0.3, -0.25) is 4.99 Å². The summed E-state index contributed by atoms with van der Waals surface area (Å²) in [6.07, 6.45) is -1.56. The van der Waals surface area contributed by atoms with E-state index in [9.17, 15) is 13.2 Å². The molecular weight excluding hydrogens is 261 g/mol. The number of aliphatic imine (C=N–C) groups is 1. The molecule has 0 saturated carbocycles. The normalized spacial score (nSPS) is 22.4. The minimum Gasteiger partial charge on any atom is -0.484 e. The number of halogens is 3. The van der Waals surface area contributed by atoms with E-state index in [4.69, 9.17) is 15.3 Å². The van der Waals surface area contributed by atoms with E-state index in [1.54, 1.807) is 0 Å². The van der Waals surface area contributed by atoms with E-state index in [1.807, 2.05) is 0 Å². The van der Waals surface area contributed by atoms with Crippen molar-refractivity contribution in [3.8, 4) is 0 Å². The third kappa shape index (κ3) is 4.81. The van der Waals surface area contributed by atoms with Gasteiger partial charge in [0.1, 0.15) is 5.71 Å². The number of aliphatic hydroxyl groups excluding tert-OH is 1. The molecule has 2 atom stereocenters. The molecule has 7 heteroatoms. The summed E-state index contributed by atoms with van der Waals surface area (Å²) in [7, 11) is 1.49. The zero-order valence-corrected chi connectivity index (χ0v) is 10.8. The second-order valence-corrected chi connectivity index (χ2v) is 4.65. The standard InChI is InChI=1S/C12H19F3N2O2/c1-19-10-5-3-2-4-9(17-10)6-8(7-18)11(16)12(13,14)15/h8-9,16,18H,2-7H2,1H3. The van der Waals surface area contributed by atoms with Gasteiger partial charge >= 0.3 is 6.18 Å². The second kappa shape index (κ2) is 6.88. The van der Waals surface area contributed by atoms with Crippen molar-refractivity contribution in [1.82, 2.24) is 0 Å². The van der Waals surface area contributed by atoms with Crippen molar-refractivity contribution in [2.75, 3.05) is 13.7 Å². The van der Waals surface area contributed by atoms with Crippen LogP contribution in [0.15, 0.2) is 4.99 Å². The van der Waals surface area contributed by atoms with Crippen LogP contribution < -0.4 is 0 Å². The van der Waals surface area contributed by atoms with Gasteiger partial charge in [0.15, 0.2) is 5.90 Å². The number of nitrogens with one attached hydrogen (secondary N) is 1. The lowest BCUT2D eigenvalue weighted by atomic mass is 9.93. The fourth-order valence-corrected chi connectivity index (χ4v) is 2.16. The molecule has 0 aliphatic carbocycles. The molecule has 0 saturated heterocycles. The van der Waals surface area contributed by atoms with Crippen LogP contribution in [0.3, 0.4) is 0 Å². The van der Waals surface area contributed by atoms with Gasteiger partial charge in [0.2, 0.25) is 0 Å². The van der Waals surface area contributed by atoms with E-state index >= 15 is 0 Å². The molecular formula is C12H19F3N2O2. The summed E-state index contributed by atoms with van der Waals surface area (Å²) in [5, 5.41) is 16.2. The number of hydrogen-bond donors (Lipinski definition) is 2. The maximum atomic E-state index is 12.5. The zero-order chi connectivity index (χ0) is 14.5. The predicted octanol–water partition coefficient (Wildman–Crippen LogP) is 2.55. The highest BCUT2D eigenvalue weighted by Gasteiger charge is 2.39. The molecule has 2 N–H and O–H groups in total. The maximum Gasteiger partial charge on any atom is 0.429 e. The molecule has 0 radical (unpaired) electrons. The van der Waals surface area contributed by atoms with E-state index in [2.05, 4.69) is 4.99 Å². The number of hydrogen-bond acceptors (Lipinski definition) is 4. The number of rotatable bonds is 4. The number of ether oxygens (including phenoxy) is 1. The molecule has 110 valence electrons. The molecule has 0 aromatic rings. The summed E-state index contributed by atoms with van der Waals surface area (Å²) < 4.78 is 42.5. The Kier molecular flexibility index (Phi) is 5.78. The summed E-state index contributed by atoms with van der Waals surface area (Å²) in [5.74, 6) is -0.678. The SMILES string of the molecule is COC1=NC(CC(CO)C(=N)C(F)(F)F)CCCC1. The van der Waals surface area contributed by atoms with Crippen molar-refractivity contribution < 1.29 is 23.0 Å². The van der Waals surface area contributed by atoms with Crippen molar-refractivity contribution in [2.24, 2.45) is 10.9 Å². The molecule has 1 heterocycles. The zero-order valence-electron chi connectivity index (χ0n) is 10.8. The van der Waals surface area contributed by atoms with Crippen LogP contribution in [0.5, 0.6) is 0 Å². The summed E-state index contributed by atoms with van der Waals surface area (Å²) in [4.78, 5) is 4.27. The molecule has 1 aliphatic heterocycles. The lowest BCUT2D eigenvalue weighted by molar-refractivity contribution is -0.0653. The van der Waals surface area contributed by atoms with Gasteiger partial charge < -0.3 is 15.3 Å². The molecule has 2 unspecified atom stereocenters. The summed E-state index contributed by atoms with van der Waals surface area (Å²) in [6, 6.07) is -0.322. The van der Waals surface area contributed by atoms with E-state index in [0.717, 1.165) is 12.8 Å². The van der Waals surface area contributed by atoms with Gasteiger partial charge in [-0.2, -0.15) is 13.2 Å². The van der Waals surface area contributed by atoms with Crippen molar-refractivity contribution in [1.29, 1.82) is 5.41 Å². The minimum absolute atomic E-state index is 0.0295. The molecule has 1 rings (SSSR count). The van der Waals surface area contributed by atoms with Gasteiger partial charge in [-0.1, -0.05) is 6.42 Å². The third-order valence-electron chi connectivity index (χ3n) is 3.23. The Morgan fingerprint density at radius 3 is 2.74 bits per heavy atom. The minimum atomic E-state index is -4.69. The molecule has 0 aromatic heterocycles. The monoisotopic (exact) mass is 280 g/mol. The average molecular weight is 280 g/mol. The van der Waals surface area contributed by atoms with Gasteiger partial charge in [0, 0.05) is 12.3 Å². The van der Waals surface area contributed by atoms with Crippen LogP contribution in [0.1, 0.15) is 32.1 Å². The molecule has 0 fully saturated rings. The van der Waals surface area contributed by atoms with Gasteiger partial charge in [0.05, 0.1) is 19.8 Å². The van der Waals surface area contributed by atoms with Gasteiger partial charge in [-0.05, 0) is 19.3 Å². The predicted molar refractivity (Wildman–Crippen MR) is 65.7 cm³/mol. The molecule has 1 aliphatic rings. The summed E-state index contributed by atoms with van der Waals surface area (Å²) >= 11 is 0. The number of alkyl halides is 3. The Bertz CT molecular complexity index is 342. The fourth-order valence-electron chi connectivity index (χ4n) is 2.16. The first-order chi connectivity index (χ1) is 8.88. The first-order valence-electron chi connectivity index (χ1n) is 6.25. The molecule has 4 nitrogen and oxygen atoms in total. The van der Waals surface area contributed by atoms with E-state index in [0.29, 0.717) is 18.7 Å². The largest absolute Gasteiger partial charge is 0.484 e. The number of aliphatic hydroxyl groups is 1. The van der Waals surface area contributed by atoms with E-state index < -0.39 is 24.4 Å². The smallest absolute Gasteiger partial charge is 0.429 e. The molecule has 0 aromatic carbocycles. The van der Waals surface area contributed by atoms with Crippen molar-refractivity contribution in [3.63, 3.8) is 0 Å². The van der Waals surface area contributed by atoms with Crippen LogP contribution in [-0.4, -0.2) is 42.7 Å². The van der Waals surface area contributed by atoms with Crippen molar-refractivity contribution >= 4 is 11.6 Å². The number of methoxy groups -OCH3 is 1. The lowest BCUT2D eigenvalue weighted by Crippen LogP contribution is -2.34. The second-order valence-electron chi connectivity index (χ2n) is 4.65. The average Bonchev–Trinajstić information content (AvgIpc) is 2.59. The molecule has 19 heavy (non-hydrogen) atoms. The van der Waals surface area contributed by atoms with Crippen LogP contribution in [0.25, 0.3) is 0 Å². The highest BCUT2D eigenvalue weighted by Crippen LogP contribution is 2.27. The Balaban J connectivity index is 2.72.